The number of aromatic nitrogens is 2. The first-order chi connectivity index (χ1) is 16.4. The zero-order chi connectivity index (χ0) is 23.8. The number of nitrogens with one attached hydrogen (secondary N) is 1. The molecule has 170 valence electrons. The van der Waals surface area contributed by atoms with Gasteiger partial charge in [-0.1, -0.05) is 47.1 Å². The van der Waals surface area contributed by atoms with Crippen molar-refractivity contribution in [3.63, 3.8) is 0 Å². The molecule has 0 bridgehead atoms. The summed E-state index contributed by atoms with van der Waals surface area (Å²) in [6.07, 6.45) is 0. The molecule has 7 heteroatoms. The van der Waals surface area contributed by atoms with Gasteiger partial charge < -0.3 is 9.84 Å². The lowest BCUT2D eigenvalue weighted by Crippen LogP contribution is -2.46. The molecule has 2 heterocycles. The van der Waals surface area contributed by atoms with Crippen LogP contribution < -0.4 is 10.2 Å². The number of nitrogens with zero attached hydrogens (tertiary/aromatic N) is 3. The fourth-order valence-corrected chi connectivity index (χ4v) is 4.52. The highest BCUT2D eigenvalue weighted by atomic mass is 32.1. The first kappa shape index (κ1) is 22.0. The van der Waals surface area contributed by atoms with E-state index in [1.807, 2.05) is 36.9 Å². The molecule has 0 amide bonds. The van der Waals surface area contributed by atoms with E-state index in [1.54, 1.807) is 12.1 Å². The number of anilines is 1. The van der Waals surface area contributed by atoms with E-state index in [0.29, 0.717) is 22.4 Å². The molecule has 34 heavy (non-hydrogen) atoms. The van der Waals surface area contributed by atoms with Gasteiger partial charge in [-0.3, -0.25) is 4.90 Å². The summed E-state index contributed by atoms with van der Waals surface area (Å²) in [7, 11) is 0. The normalized spacial score (nSPS) is 16.1. The first-order valence-corrected chi connectivity index (χ1v) is 11.4. The first-order valence-electron chi connectivity index (χ1n) is 11.0. The number of thiocarbonyl (C=S) groups is 1. The molecule has 0 aliphatic carbocycles. The van der Waals surface area contributed by atoms with Crippen molar-refractivity contribution in [1.82, 2.24) is 15.5 Å². The van der Waals surface area contributed by atoms with Crippen LogP contribution in [0.5, 0.6) is 0 Å². The lowest BCUT2D eigenvalue weighted by Gasteiger charge is -2.37. The topological polar surface area (TPSA) is 54.2 Å². The summed E-state index contributed by atoms with van der Waals surface area (Å²) >= 11 is 5.81. The van der Waals surface area contributed by atoms with Crippen LogP contribution in [0.1, 0.15) is 35.5 Å². The van der Waals surface area contributed by atoms with E-state index < -0.39 is 0 Å². The van der Waals surface area contributed by atoms with Gasteiger partial charge in [0.2, 0.25) is 5.82 Å². The average molecular weight is 471 g/mol. The Labute approximate surface area is 202 Å². The molecule has 0 saturated carbocycles. The summed E-state index contributed by atoms with van der Waals surface area (Å²) < 4.78 is 19.1. The summed E-state index contributed by atoms with van der Waals surface area (Å²) in [6, 6.07) is 22.2. The molecule has 1 aromatic heterocycles. The number of aryl methyl sites for hydroxylation is 2. The molecule has 1 atom stereocenters. The van der Waals surface area contributed by atoms with Gasteiger partial charge in [0.25, 0.3) is 5.89 Å². The summed E-state index contributed by atoms with van der Waals surface area (Å²) in [5.41, 5.74) is 6.69. The van der Waals surface area contributed by atoms with Gasteiger partial charge in [-0.15, -0.1) is 0 Å². The van der Waals surface area contributed by atoms with Crippen molar-refractivity contribution in [3.8, 4) is 11.4 Å². The molecule has 5 nitrogen and oxygen atoms in total. The third-order valence-corrected chi connectivity index (χ3v) is 6.21. The quantitative estimate of drug-likeness (QED) is 0.350. The molecule has 0 radical (unpaired) electrons. The Morgan fingerprint density at radius 1 is 0.941 bits per heavy atom. The predicted molar refractivity (Wildman–Crippen MR) is 136 cm³/mol. The van der Waals surface area contributed by atoms with Crippen LogP contribution in [0.4, 0.5) is 10.1 Å². The maximum atomic E-state index is 13.4. The minimum Gasteiger partial charge on any atom is -0.351 e. The minimum absolute atomic E-state index is 0.268. The predicted octanol–water partition coefficient (Wildman–Crippen LogP) is 6.36. The van der Waals surface area contributed by atoms with Gasteiger partial charge in [0.15, 0.2) is 5.11 Å². The zero-order valence-electron chi connectivity index (χ0n) is 19.0. The maximum absolute atomic E-state index is 13.4. The smallest absolute Gasteiger partial charge is 0.258 e. The van der Waals surface area contributed by atoms with Crippen LogP contribution in [0.15, 0.2) is 83.0 Å². The Balaban J connectivity index is 1.65. The van der Waals surface area contributed by atoms with Crippen LogP contribution in [0.2, 0.25) is 0 Å². The van der Waals surface area contributed by atoms with E-state index >= 15 is 0 Å². The number of halogens is 1. The van der Waals surface area contributed by atoms with Crippen LogP contribution in [-0.2, 0) is 0 Å². The summed E-state index contributed by atoms with van der Waals surface area (Å²) in [6.45, 7) is 6.11. The summed E-state index contributed by atoms with van der Waals surface area (Å²) in [5, 5.41) is 8.25. The Hall–Kier alpha value is -3.84. The van der Waals surface area contributed by atoms with Crippen LogP contribution in [0.3, 0.4) is 0 Å². The van der Waals surface area contributed by atoms with E-state index in [4.69, 9.17) is 16.7 Å². The van der Waals surface area contributed by atoms with Gasteiger partial charge in [0, 0.05) is 16.9 Å². The number of benzene rings is 3. The Morgan fingerprint density at radius 3 is 2.38 bits per heavy atom. The minimum atomic E-state index is -0.316. The lowest BCUT2D eigenvalue weighted by molar-refractivity contribution is 0.404. The fraction of sp³-hybridized carbons (Fsp3) is 0.148. The van der Waals surface area contributed by atoms with Gasteiger partial charge >= 0.3 is 0 Å². The zero-order valence-corrected chi connectivity index (χ0v) is 19.9. The molecule has 4 aromatic rings. The van der Waals surface area contributed by atoms with E-state index in [1.165, 1.54) is 17.7 Å². The van der Waals surface area contributed by atoms with Crippen LogP contribution in [-0.4, -0.2) is 15.3 Å². The number of rotatable bonds is 4. The molecule has 0 saturated heterocycles. The molecule has 1 N–H and O–H groups in total. The summed E-state index contributed by atoms with van der Waals surface area (Å²) in [5.74, 6) is 0.465. The van der Waals surface area contributed by atoms with Gasteiger partial charge in [-0.2, -0.15) is 4.98 Å². The molecule has 1 unspecified atom stereocenters. The van der Waals surface area contributed by atoms with Crippen molar-refractivity contribution in [2.45, 2.75) is 26.8 Å². The van der Waals surface area contributed by atoms with E-state index in [-0.39, 0.29) is 11.9 Å². The van der Waals surface area contributed by atoms with E-state index in [9.17, 15) is 4.39 Å². The molecule has 0 fully saturated rings. The Bertz CT molecular complexity index is 1390. The molecule has 1 aliphatic rings. The van der Waals surface area contributed by atoms with Crippen molar-refractivity contribution in [2.75, 3.05) is 4.90 Å². The SMILES string of the molecule is CC1=C(c2nc(-c3ccc(F)cc3)no2)C(c2ccc(C)cc2)NC(=S)N1c1cccc(C)c1. The van der Waals surface area contributed by atoms with Crippen LogP contribution >= 0.6 is 12.2 Å². The average Bonchev–Trinajstić information content (AvgIpc) is 3.29. The van der Waals surface area contributed by atoms with Crippen molar-refractivity contribution in [3.05, 3.63) is 107 Å². The molecule has 0 spiro atoms. The van der Waals surface area contributed by atoms with Crippen LogP contribution in [0.25, 0.3) is 17.0 Å². The number of allylic oxidation sites excluding steroid dienone is 1. The van der Waals surface area contributed by atoms with Crippen molar-refractivity contribution in [2.24, 2.45) is 0 Å². The van der Waals surface area contributed by atoms with Crippen molar-refractivity contribution in [1.29, 1.82) is 0 Å². The highest BCUT2D eigenvalue weighted by molar-refractivity contribution is 7.80. The van der Waals surface area contributed by atoms with Crippen molar-refractivity contribution < 1.29 is 8.91 Å². The largest absolute Gasteiger partial charge is 0.351 e. The van der Waals surface area contributed by atoms with Gasteiger partial charge in [0.05, 0.1) is 11.6 Å². The number of hydrogen-bond donors (Lipinski definition) is 1. The fourth-order valence-electron chi connectivity index (χ4n) is 4.16. The maximum Gasteiger partial charge on any atom is 0.258 e. The second-order valence-corrected chi connectivity index (χ2v) is 8.78. The van der Waals surface area contributed by atoms with Gasteiger partial charge in [-0.05, 0) is 80.5 Å². The molecular weight excluding hydrogens is 447 g/mol. The molecular formula is C27H23FN4OS. The highest BCUT2D eigenvalue weighted by Gasteiger charge is 2.34. The Kier molecular flexibility index (Phi) is 5.71. The number of hydrogen-bond acceptors (Lipinski definition) is 4. The Morgan fingerprint density at radius 2 is 1.68 bits per heavy atom. The monoisotopic (exact) mass is 470 g/mol. The lowest BCUT2D eigenvalue weighted by atomic mass is 9.94. The van der Waals surface area contributed by atoms with E-state index in [0.717, 1.165) is 28.1 Å². The van der Waals surface area contributed by atoms with Gasteiger partial charge in [0.1, 0.15) is 5.82 Å². The second-order valence-electron chi connectivity index (χ2n) is 8.40. The van der Waals surface area contributed by atoms with Crippen molar-refractivity contribution >= 4 is 28.6 Å². The standard InChI is InChI=1S/C27H23FN4OS/c1-16-7-9-19(10-8-16)24-23(26-30-25(31-33-26)20-11-13-21(28)14-12-20)18(3)32(27(34)29-24)22-6-4-5-17(2)15-22/h4-15,24H,1-3H3,(H,29,34). The van der Waals surface area contributed by atoms with Crippen LogP contribution in [0, 0.1) is 19.7 Å². The third kappa shape index (κ3) is 4.10. The molecule has 3 aromatic carbocycles. The molecule has 1 aliphatic heterocycles. The third-order valence-electron chi connectivity index (χ3n) is 5.91. The molecule has 5 rings (SSSR count). The van der Waals surface area contributed by atoms with Gasteiger partial charge in [-0.25, -0.2) is 4.39 Å². The van der Waals surface area contributed by atoms with E-state index in [2.05, 4.69) is 52.7 Å². The second kappa shape index (κ2) is 8.83. The highest BCUT2D eigenvalue weighted by Crippen LogP contribution is 2.39. The summed E-state index contributed by atoms with van der Waals surface area (Å²) in [4.78, 5) is 6.67.